The van der Waals surface area contributed by atoms with E-state index in [-0.39, 0.29) is 5.91 Å². The van der Waals surface area contributed by atoms with Crippen LogP contribution in [0.5, 0.6) is 0 Å². The van der Waals surface area contributed by atoms with E-state index < -0.39 is 0 Å². The van der Waals surface area contributed by atoms with Gasteiger partial charge in [0.05, 0.1) is 0 Å². The van der Waals surface area contributed by atoms with Gasteiger partial charge in [0.2, 0.25) is 0 Å². The molecule has 2 aromatic rings. The number of rotatable bonds is 2. The Balaban J connectivity index is 2.14. The van der Waals surface area contributed by atoms with E-state index in [0.717, 1.165) is 14.6 Å². The standard InChI is InChI=1S/C13H9Br2NO/c14-10-4-6-12(7-5-10)16-13(17)9-2-1-3-11(15)8-9/h1-8H,(H,16,17). The molecule has 0 saturated carbocycles. The molecule has 4 heteroatoms. The molecule has 0 aromatic heterocycles. The molecule has 0 bridgehead atoms. The van der Waals surface area contributed by atoms with Crippen molar-refractivity contribution < 1.29 is 4.79 Å². The highest BCUT2D eigenvalue weighted by Gasteiger charge is 2.05. The summed E-state index contributed by atoms with van der Waals surface area (Å²) >= 11 is 6.69. The maximum Gasteiger partial charge on any atom is 0.255 e. The van der Waals surface area contributed by atoms with Gasteiger partial charge in [-0.1, -0.05) is 37.9 Å². The smallest absolute Gasteiger partial charge is 0.255 e. The van der Waals surface area contributed by atoms with Crippen LogP contribution >= 0.6 is 31.9 Å². The van der Waals surface area contributed by atoms with E-state index in [0.29, 0.717) is 5.56 Å². The summed E-state index contributed by atoms with van der Waals surface area (Å²) in [4.78, 5) is 11.9. The topological polar surface area (TPSA) is 29.1 Å². The number of carbonyl (C=O) groups excluding carboxylic acids is 1. The molecule has 0 radical (unpaired) electrons. The van der Waals surface area contributed by atoms with Crippen LogP contribution in [0.25, 0.3) is 0 Å². The first kappa shape index (κ1) is 12.3. The molecule has 1 N–H and O–H groups in total. The second-order valence-corrected chi connectivity index (χ2v) is 5.30. The van der Waals surface area contributed by atoms with Gasteiger partial charge in [0.1, 0.15) is 0 Å². The summed E-state index contributed by atoms with van der Waals surface area (Å²) in [6.45, 7) is 0. The number of carbonyl (C=O) groups is 1. The van der Waals surface area contributed by atoms with E-state index in [9.17, 15) is 4.79 Å². The molecular formula is C13H9Br2NO. The Labute approximate surface area is 116 Å². The second kappa shape index (κ2) is 5.47. The van der Waals surface area contributed by atoms with Gasteiger partial charge in [-0.05, 0) is 42.5 Å². The normalized spacial score (nSPS) is 10.0. The molecule has 86 valence electrons. The molecule has 2 aromatic carbocycles. The summed E-state index contributed by atoms with van der Waals surface area (Å²) in [6.07, 6.45) is 0. The molecule has 0 aliphatic rings. The third-order valence-corrected chi connectivity index (χ3v) is 3.21. The fourth-order valence-corrected chi connectivity index (χ4v) is 2.03. The zero-order chi connectivity index (χ0) is 12.3. The minimum absolute atomic E-state index is 0.117. The fourth-order valence-electron chi connectivity index (χ4n) is 1.37. The predicted octanol–water partition coefficient (Wildman–Crippen LogP) is 4.46. The molecule has 0 heterocycles. The molecule has 0 aliphatic carbocycles. The number of anilines is 1. The third-order valence-electron chi connectivity index (χ3n) is 2.19. The zero-order valence-electron chi connectivity index (χ0n) is 8.78. The lowest BCUT2D eigenvalue weighted by molar-refractivity contribution is 0.102. The number of hydrogen-bond acceptors (Lipinski definition) is 1. The number of amides is 1. The Hall–Kier alpha value is -1.13. The van der Waals surface area contributed by atoms with E-state index in [1.165, 1.54) is 0 Å². The van der Waals surface area contributed by atoms with Gasteiger partial charge >= 0.3 is 0 Å². The summed E-state index contributed by atoms with van der Waals surface area (Å²) < 4.78 is 1.87. The van der Waals surface area contributed by atoms with Gasteiger partial charge in [-0.2, -0.15) is 0 Å². The van der Waals surface area contributed by atoms with Crippen molar-refractivity contribution in [2.24, 2.45) is 0 Å². The van der Waals surface area contributed by atoms with Gasteiger partial charge in [0.15, 0.2) is 0 Å². The number of nitrogens with one attached hydrogen (secondary N) is 1. The summed E-state index contributed by atoms with van der Waals surface area (Å²) in [5.74, 6) is -0.117. The van der Waals surface area contributed by atoms with Gasteiger partial charge in [0, 0.05) is 20.2 Å². The fraction of sp³-hybridized carbons (Fsp3) is 0. The van der Waals surface area contributed by atoms with Crippen LogP contribution in [0, 0.1) is 0 Å². The van der Waals surface area contributed by atoms with E-state index in [2.05, 4.69) is 37.2 Å². The molecule has 2 nitrogen and oxygen atoms in total. The number of benzene rings is 2. The van der Waals surface area contributed by atoms with Gasteiger partial charge in [-0.25, -0.2) is 0 Å². The van der Waals surface area contributed by atoms with E-state index in [1.807, 2.05) is 36.4 Å². The van der Waals surface area contributed by atoms with Crippen molar-refractivity contribution in [2.75, 3.05) is 5.32 Å². The van der Waals surface area contributed by atoms with Crippen molar-refractivity contribution in [2.45, 2.75) is 0 Å². The molecule has 0 saturated heterocycles. The molecule has 0 atom stereocenters. The van der Waals surface area contributed by atoms with Crippen LogP contribution in [0.2, 0.25) is 0 Å². The van der Waals surface area contributed by atoms with Crippen LogP contribution in [-0.4, -0.2) is 5.91 Å². The average Bonchev–Trinajstić information content (AvgIpc) is 2.32. The van der Waals surface area contributed by atoms with Crippen LogP contribution < -0.4 is 5.32 Å². The van der Waals surface area contributed by atoms with Crippen molar-refractivity contribution in [3.63, 3.8) is 0 Å². The zero-order valence-corrected chi connectivity index (χ0v) is 12.0. The molecule has 0 unspecified atom stereocenters. The summed E-state index contributed by atoms with van der Waals surface area (Å²) in [5, 5.41) is 2.83. The number of halogens is 2. The van der Waals surface area contributed by atoms with Gasteiger partial charge in [-0.15, -0.1) is 0 Å². The molecule has 0 spiro atoms. The van der Waals surface area contributed by atoms with Crippen LogP contribution in [0.1, 0.15) is 10.4 Å². The lowest BCUT2D eigenvalue weighted by atomic mass is 10.2. The Kier molecular flexibility index (Phi) is 3.97. The molecular weight excluding hydrogens is 346 g/mol. The second-order valence-electron chi connectivity index (χ2n) is 3.47. The van der Waals surface area contributed by atoms with E-state index in [4.69, 9.17) is 0 Å². The summed E-state index contributed by atoms with van der Waals surface area (Å²) in [7, 11) is 0. The maximum absolute atomic E-state index is 11.9. The summed E-state index contributed by atoms with van der Waals surface area (Å²) in [5.41, 5.74) is 1.40. The van der Waals surface area contributed by atoms with Crippen molar-refractivity contribution in [3.8, 4) is 0 Å². The predicted molar refractivity (Wildman–Crippen MR) is 76.2 cm³/mol. The van der Waals surface area contributed by atoms with Crippen LogP contribution in [0.15, 0.2) is 57.5 Å². The highest BCUT2D eigenvalue weighted by molar-refractivity contribution is 9.10. The quantitative estimate of drug-likeness (QED) is 0.847. The highest BCUT2D eigenvalue weighted by atomic mass is 79.9. The molecule has 17 heavy (non-hydrogen) atoms. The maximum atomic E-state index is 11.9. The van der Waals surface area contributed by atoms with Gasteiger partial charge < -0.3 is 5.32 Å². The largest absolute Gasteiger partial charge is 0.322 e. The molecule has 0 aliphatic heterocycles. The highest BCUT2D eigenvalue weighted by Crippen LogP contribution is 2.16. The van der Waals surface area contributed by atoms with Crippen molar-refractivity contribution in [1.29, 1.82) is 0 Å². The first-order valence-electron chi connectivity index (χ1n) is 4.97. The minimum Gasteiger partial charge on any atom is -0.322 e. The Morgan fingerprint density at radius 1 is 0.941 bits per heavy atom. The lowest BCUT2D eigenvalue weighted by Gasteiger charge is -2.05. The minimum atomic E-state index is -0.117. The summed E-state index contributed by atoms with van der Waals surface area (Å²) in [6, 6.07) is 14.7. The lowest BCUT2D eigenvalue weighted by Crippen LogP contribution is -2.11. The van der Waals surface area contributed by atoms with Crippen LogP contribution in [0.3, 0.4) is 0 Å². The van der Waals surface area contributed by atoms with Gasteiger partial charge in [-0.3, -0.25) is 4.79 Å². The van der Waals surface area contributed by atoms with Crippen molar-refractivity contribution in [3.05, 3.63) is 63.0 Å². The van der Waals surface area contributed by atoms with Crippen LogP contribution in [-0.2, 0) is 0 Å². The average molecular weight is 355 g/mol. The van der Waals surface area contributed by atoms with E-state index in [1.54, 1.807) is 12.1 Å². The SMILES string of the molecule is O=C(Nc1ccc(Br)cc1)c1cccc(Br)c1. The number of hydrogen-bond donors (Lipinski definition) is 1. The Morgan fingerprint density at radius 2 is 1.65 bits per heavy atom. The van der Waals surface area contributed by atoms with Gasteiger partial charge in [0.25, 0.3) is 5.91 Å². The monoisotopic (exact) mass is 353 g/mol. The van der Waals surface area contributed by atoms with Crippen molar-refractivity contribution in [1.82, 2.24) is 0 Å². The van der Waals surface area contributed by atoms with Crippen molar-refractivity contribution >= 4 is 43.5 Å². The van der Waals surface area contributed by atoms with Crippen LogP contribution in [0.4, 0.5) is 5.69 Å². The molecule has 2 rings (SSSR count). The Bertz CT molecular complexity index is 537. The Morgan fingerprint density at radius 3 is 2.29 bits per heavy atom. The van der Waals surface area contributed by atoms with E-state index >= 15 is 0 Å². The molecule has 0 fully saturated rings. The molecule has 1 amide bonds. The first-order valence-corrected chi connectivity index (χ1v) is 6.56. The third kappa shape index (κ3) is 3.41. The first-order chi connectivity index (χ1) is 8.15.